The molecule has 1 heterocycles. The lowest BCUT2D eigenvalue weighted by Gasteiger charge is -2.12. The first kappa shape index (κ1) is 17.4. The Morgan fingerprint density at radius 2 is 2.04 bits per heavy atom. The molecule has 23 heavy (non-hydrogen) atoms. The van der Waals surface area contributed by atoms with E-state index in [1.54, 1.807) is 7.11 Å². The number of hydrogen-bond acceptors (Lipinski definition) is 5. The van der Waals surface area contributed by atoms with Gasteiger partial charge in [0.15, 0.2) is 5.16 Å². The average molecular weight is 331 g/mol. The van der Waals surface area contributed by atoms with E-state index in [9.17, 15) is 4.79 Å². The monoisotopic (exact) mass is 331 g/mol. The van der Waals surface area contributed by atoms with Gasteiger partial charge >= 0.3 is 0 Å². The van der Waals surface area contributed by atoms with Gasteiger partial charge in [0, 0.05) is 24.9 Å². The highest BCUT2D eigenvalue weighted by Gasteiger charge is 2.16. The maximum atomic E-state index is 12.0. The van der Waals surface area contributed by atoms with Crippen LogP contribution in [0.1, 0.15) is 12.6 Å². The maximum absolute atomic E-state index is 12.0. The summed E-state index contributed by atoms with van der Waals surface area (Å²) in [6.07, 6.45) is 0. The molecule has 0 saturated heterocycles. The largest absolute Gasteiger partial charge is 0.383 e. The van der Waals surface area contributed by atoms with Gasteiger partial charge in [0.25, 0.3) is 0 Å². The third-order valence-electron chi connectivity index (χ3n) is 3.16. The number of hydrogen-bond donors (Lipinski definition) is 1. The van der Waals surface area contributed by atoms with Crippen molar-refractivity contribution < 1.29 is 9.53 Å². The fourth-order valence-electron chi connectivity index (χ4n) is 1.98. The van der Waals surface area contributed by atoms with Gasteiger partial charge in [-0.3, -0.25) is 4.79 Å². The van der Waals surface area contributed by atoms with E-state index < -0.39 is 0 Å². The van der Waals surface area contributed by atoms with E-state index in [0.29, 0.717) is 18.3 Å². The van der Waals surface area contributed by atoms with Crippen LogP contribution in [0, 0.1) is 6.92 Å². The number of nitrogens with zero attached hydrogens (tertiary/aromatic N) is 2. The van der Waals surface area contributed by atoms with Crippen molar-refractivity contribution in [2.75, 3.05) is 20.3 Å². The molecule has 2 aromatic rings. The summed E-state index contributed by atoms with van der Waals surface area (Å²) in [4.78, 5) is 21.0. The van der Waals surface area contributed by atoms with Gasteiger partial charge in [0.1, 0.15) is 0 Å². The number of carbonyl (C=O) groups is 1. The van der Waals surface area contributed by atoms with Crippen molar-refractivity contribution >= 4 is 17.7 Å². The van der Waals surface area contributed by atoms with Crippen molar-refractivity contribution in [3.63, 3.8) is 0 Å². The molecule has 122 valence electrons. The number of ether oxygens (including phenoxy) is 1. The SMILES string of the molecule is COCCNC(=O)[C@H](C)Sc1nc(C)cc(-c2ccccc2)n1. The fraction of sp³-hybridized carbons (Fsp3) is 0.353. The van der Waals surface area contributed by atoms with Crippen LogP contribution in [0.5, 0.6) is 0 Å². The van der Waals surface area contributed by atoms with Crippen LogP contribution >= 0.6 is 11.8 Å². The third kappa shape index (κ3) is 5.33. The molecule has 0 radical (unpaired) electrons. The summed E-state index contributed by atoms with van der Waals surface area (Å²) in [5.74, 6) is -0.0431. The van der Waals surface area contributed by atoms with Gasteiger partial charge in [-0.25, -0.2) is 9.97 Å². The molecule has 6 heteroatoms. The minimum atomic E-state index is -0.266. The van der Waals surface area contributed by atoms with Crippen LogP contribution in [0.2, 0.25) is 0 Å². The Morgan fingerprint density at radius 1 is 1.30 bits per heavy atom. The second kappa shape index (κ2) is 8.64. The van der Waals surface area contributed by atoms with Gasteiger partial charge in [-0.05, 0) is 19.9 Å². The molecule has 5 nitrogen and oxygen atoms in total. The lowest BCUT2D eigenvalue weighted by atomic mass is 10.1. The Kier molecular flexibility index (Phi) is 6.55. The number of methoxy groups -OCH3 is 1. The number of nitrogens with one attached hydrogen (secondary N) is 1. The number of benzene rings is 1. The summed E-state index contributed by atoms with van der Waals surface area (Å²) in [7, 11) is 1.61. The molecular weight excluding hydrogens is 310 g/mol. The smallest absolute Gasteiger partial charge is 0.233 e. The van der Waals surface area contributed by atoms with E-state index in [4.69, 9.17) is 4.74 Å². The summed E-state index contributed by atoms with van der Waals surface area (Å²) < 4.78 is 4.92. The van der Waals surface area contributed by atoms with Crippen molar-refractivity contribution in [3.05, 3.63) is 42.1 Å². The van der Waals surface area contributed by atoms with Crippen molar-refractivity contribution in [2.24, 2.45) is 0 Å². The van der Waals surface area contributed by atoms with Crippen molar-refractivity contribution in [1.29, 1.82) is 0 Å². The van der Waals surface area contributed by atoms with Crippen LogP contribution < -0.4 is 5.32 Å². The van der Waals surface area contributed by atoms with Crippen molar-refractivity contribution in [2.45, 2.75) is 24.3 Å². The molecule has 0 aliphatic carbocycles. The standard InChI is InChI=1S/C17H21N3O2S/c1-12-11-15(14-7-5-4-6-8-14)20-17(19-12)23-13(2)16(21)18-9-10-22-3/h4-8,11,13H,9-10H2,1-3H3,(H,18,21)/t13-/m0/s1. The molecular formula is C17H21N3O2S. The van der Waals surface area contributed by atoms with E-state index in [2.05, 4.69) is 15.3 Å². The lowest BCUT2D eigenvalue weighted by molar-refractivity contribution is -0.120. The van der Waals surface area contributed by atoms with Gasteiger partial charge < -0.3 is 10.1 Å². The zero-order chi connectivity index (χ0) is 16.7. The third-order valence-corrected chi connectivity index (χ3v) is 4.12. The van der Waals surface area contributed by atoms with Crippen molar-refractivity contribution in [3.8, 4) is 11.3 Å². The van der Waals surface area contributed by atoms with Crippen LogP contribution in [-0.4, -0.2) is 41.4 Å². The second-order valence-electron chi connectivity index (χ2n) is 5.09. The predicted octanol–water partition coefficient (Wildman–Crippen LogP) is 2.70. The lowest BCUT2D eigenvalue weighted by Crippen LogP contribution is -2.33. The zero-order valence-corrected chi connectivity index (χ0v) is 14.4. The summed E-state index contributed by atoms with van der Waals surface area (Å²) in [5.41, 5.74) is 2.79. The van der Waals surface area contributed by atoms with E-state index in [-0.39, 0.29) is 11.2 Å². The Balaban J connectivity index is 2.08. The first-order valence-corrected chi connectivity index (χ1v) is 8.32. The van der Waals surface area contributed by atoms with Crippen LogP contribution in [0.15, 0.2) is 41.6 Å². The quantitative estimate of drug-likeness (QED) is 0.480. The van der Waals surface area contributed by atoms with E-state index >= 15 is 0 Å². The zero-order valence-electron chi connectivity index (χ0n) is 13.6. The molecule has 0 aliphatic heterocycles. The molecule has 1 atom stereocenters. The number of rotatable bonds is 7. The molecule has 1 aromatic heterocycles. The van der Waals surface area contributed by atoms with Gasteiger partial charge in [0.2, 0.25) is 5.91 Å². The fourth-order valence-corrected chi connectivity index (χ4v) is 2.84. The van der Waals surface area contributed by atoms with Gasteiger partial charge in [-0.15, -0.1) is 0 Å². The molecule has 1 aromatic carbocycles. The molecule has 0 saturated carbocycles. The summed E-state index contributed by atoms with van der Waals surface area (Å²) in [5, 5.41) is 3.17. The number of thioether (sulfide) groups is 1. The Labute approximate surface area is 140 Å². The van der Waals surface area contributed by atoms with Gasteiger partial charge in [-0.1, -0.05) is 42.1 Å². The van der Waals surface area contributed by atoms with Crippen molar-refractivity contribution in [1.82, 2.24) is 15.3 Å². The highest BCUT2D eigenvalue weighted by Crippen LogP contribution is 2.24. The molecule has 0 spiro atoms. The highest BCUT2D eigenvalue weighted by atomic mass is 32.2. The Bertz CT molecular complexity index is 650. The first-order valence-electron chi connectivity index (χ1n) is 7.44. The molecule has 2 rings (SSSR count). The predicted molar refractivity (Wildman–Crippen MR) is 92.4 cm³/mol. The Morgan fingerprint density at radius 3 is 2.74 bits per heavy atom. The molecule has 0 bridgehead atoms. The molecule has 0 fully saturated rings. The second-order valence-corrected chi connectivity index (χ2v) is 6.40. The number of carbonyl (C=O) groups excluding carboxylic acids is 1. The topological polar surface area (TPSA) is 64.1 Å². The van der Waals surface area contributed by atoms with Crippen LogP contribution in [-0.2, 0) is 9.53 Å². The van der Waals surface area contributed by atoms with Crippen LogP contribution in [0.25, 0.3) is 11.3 Å². The van der Waals surface area contributed by atoms with Crippen LogP contribution in [0.3, 0.4) is 0 Å². The van der Waals surface area contributed by atoms with E-state index in [1.165, 1.54) is 11.8 Å². The number of aryl methyl sites for hydroxylation is 1. The molecule has 0 aliphatic rings. The first-order chi connectivity index (χ1) is 11.1. The minimum absolute atomic E-state index is 0.0431. The maximum Gasteiger partial charge on any atom is 0.233 e. The summed E-state index contributed by atoms with van der Waals surface area (Å²) in [6.45, 7) is 4.79. The molecule has 1 amide bonds. The minimum Gasteiger partial charge on any atom is -0.383 e. The molecule has 0 unspecified atom stereocenters. The van der Waals surface area contributed by atoms with Gasteiger partial charge in [-0.2, -0.15) is 0 Å². The number of aromatic nitrogens is 2. The Hall–Kier alpha value is -1.92. The number of amides is 1. The normalized spacial score (nSPS) is 12.0. The van der Waals surface area contributed by atoms with E-state index in [1.807, 2.05) is 50.2 Å². The van der Waals surface area contributed by atoms with E-state index in [0.717, 1.165) is 17.0 Å². The average Bonchev–Trinajstić information content (AvgIpc) is 2.55. The summed E-state index contributed by atoms with van der Waals surface area (Å²) in [6, 6.07) is 11.9. The summed E-state index contributed by atoms with van der Waals surface area (Å²) >= 11 is 1.36. The van der Waals surface area contributed by atoms with Crippen LogP contribution in [0.4, 0.5) is 0 Å². The molecule has 1 N–H and O–H groups in total. The van der Waals surface area contributed by atoms with Gasteiger partial charge in [0.05, 0.1) is 17.6 Å². The highest BCUT2D eigenvalue weighted by molar-refractivity contribution is 8.00.